The smallest absolute Gasteiger partial charge is 0.165 e. The average molecular weight is 227 g/mol. The van der Waals surface area contributed by atoms with Gasteiger partial charge in [-0.1, -0.05) is 12.2 Å². The number of carbonyl (C=O) groups is 1. The molecule has 4 heteroatoms. The molecule has 1 aromatic rings. The SMILES string of the molecule is COc1cc(C=O)cc(C=CCCl)c1O. The summed E-state index contributed by atoms with van der Waals surface area (Å²) in [6.07, 6.45) is 4.00. The van der Waals surface area contributed by atoms with Gasteiger partial charge in [-0.2, -0.15) is 0 Å². The summed E-state index contributed by atoms with van der Waals surface area (Å²) in [5, 5.41) is 9.70. The van der Waals surface area contributed by atoms with Gasteiger partial charge in [0.1, 0.15) is 6.29 Å². The van der Waals surface area contributed by atoms with Crippen LogP contribution in [0, 0.1) is 0 Å². The van der Waals surface area contributed by atoms with Crippen LogP contribution in [-0.2, 0) is 0 Å². The molecule has 0 saturated heterocycles. The molecule has 3 nitrogen and oxygen atoms in total. The second kappa shape index (κ2) is 5.41. The first-order valence-electron chi connectivity index (χ1n) is 4.31. The van der Waals surface area contributed by atoms with Gasteiger partial charge in [0.15, 0.2) is 11.5 Å². The lowest BCUT2D eigenvalue weighted by atomic mass is 10.1. The minimum absolute atomic E-state index is 0.00414. The third kappa shape index (κ3) is 2.73. The Kier molecular flexibility index (Phi) is 4.18. The van der Waals surface area contributed by atoms with E-state index in [2.05, 4.69) is 0 Å². The molecule has 1 N–H and O–H groups in total. The zero-order valence-electron chi connectivity index (χ0n) is 8.24. The highest BCUT2D eigenvalue weighted by atomic mass is 35.5. The number of ether oxygens (including phenoxy) is 1. The highest BCUT2D eigenvalue weighted by molar-refractivity contribution is 6.19. The van der Waals surface area contributed by atoms with Crippen molar-refractivity contribution < 1.29 is 14.6 Å². The normalized spacial score (nSPS) is 10.5. The van der Waals surface area contributed by atoms with Crippen molar-refractivity contribution in [1.82, 2.24) is 0 Å². The maximum atomic E-state index is 10.6. The number of aromatic hydroxyl groups is 1. The van der Waals surface area contributed by atoms with E-state index in [4.69, 9.17) is 16.3 Å². The maximum absolute atomic E-state index is 10.6. The number of phenols is 1. The van der Waals surface area contributed by atoms with E-state index in [0.29, 0.717) is 23.3 Å². The molecule has 0 spiro atoms. The summed E-state index contributed by atoms with van der Waals surface area (Å²) in [4.78, 5) is 10.6. The number of rotatable bonds is 4. The number of carbonyl (C=O) groups excluding carboxylic acids is 1. The number of alkyl halides is 1. The number of allylic oxidation sites excluding steroid dienone is 1. The van der Waals surface area contributed by atoms with Crippen molar-refractivity contribution in [2.75, 3.05) is 13.0 Å². The van der Waals surface area contributed by atoms with Crippen LogP contribution >= 0.6 is 11.6 Å². The van der Waals surface area contributed by atoms with Gasteiger partial charge in [0.2, 0.25) is 0 Å². The predicted octanol–water partition coefficient (Wildman–Crippen LogP) is 2.47. The molecule has 0 fully saturated rings. The molecule has 0 unspecified atom stereocenters. The molecule has 0 radical (unpaired) electrons. The zero-order chi connectivity index (χ0) is 11.3. The van der Waals surface area contributed by atoms with E-state index < -0.39 is 0 Å². The fourth-order valence-electron chi connectivity index (χ4n) is 1.17. The van der Waals surface area contributed by atoms with Gasteiger partial charge in [0, 0.05) is 17.0 Å². The summed E-state index contributed by atoms with van der Waals surface area (Å²) >= 11 is 5.48. The topological polar surface area (TPSA) is 46.5 Å². The van der Waals surface area contributed by atoms with Crippen LogP contribution in [-0.4, -0.2) is 24.4 Å². The van der Waals surface area contributed by atoms with Gasteiger partial charge in [-0.05, 0) is 12.1 Å². The van der Waals surface area contributed by atoms with Crippen molar-refractivity contribution >= 4 is 24.0 Å². The van der Waals surface area contributed by atoms with Gasteiger partial charge in [0.05, 0.1) is 7.11 Å². The van der Waals surface area contributed by atoms with Crippen LogP contribution in [0.4, 0.5) is 0 Å². The van der Waals surface area contributed by atoms with Crippen molar-refractivity contribution in [3.8, 4) is 11.5 Å². The second-order valence-corrected chi connectivity index (χ2v) is 3.14. The van der Waals surface area contributed by atoms with Crippen molar-refractivity contribution in [2.24, 2.45) is 0 Å². The van der Waals surface area contributed by atoms with Crippen molar-refractivity contribution in [2.45, 2.75) is 0 Å². The van der Waals surface area contributed by atoms with E-state index in [9.17, 15) is 9.90 Å². The average Bonchev–Trinajstić information content (AvgIpc) is 2.27. The maximum Gasteiger partial charge on any atom is 0.165 e. The van der Waals surface area contributed by atoms with Crippen LogP contribution in [0.5, 0.6) is 11.5 Å². The van der Waals surface area contributed by atoms with E-state index in [1.54, 1.807) is 18.2 Å². The number of hydrogen-bond donors (Lipinski definition) is 1. The Hall–Kier alpha value is -1.48. The first-order chi connectivity index (χ1) is 7.22. The lowest BCUT2D eigenvalue weighted by molar-refractivity contribution is 0.112. The molecule has 1 aromatic carbocycles. The third-order valence-electron chi connectivity index (χ3n) is 1.87. The van der Waals surface area contributed by atoms with Crippen LogP contribution < -0.4 is 4.74 Å². The molecule has 0 atom stereocenters. The fourth-order valence-corrected chi connectivity index (χ4v) is 1.26. The molecule has 15 heavy (non-hydrogen) atoms. The summed E-state index contributed by atoms with van der Waals surface area (Å²) in [6.45, 7) is 0. The monoisotopic (exact) mass is 226 g/mol. The molecular formula is C11H11ClO3. The Bertz CT molecular complexity index is 386. The molecule has 0 saturated carbocycles. The molecule has 0 aliphatic heterocycles. The van der Waals surface area contributed by atoms with Gasteiger partial charge < -0.3 is 9.84 Å². The van der Waals surface area contributed by atoms with E-state index in [0.717, 1.165) is 0 Å². The van der Waals surface area contributed by atoms with Crippen LogP contribution in [0.1, 0.15) is 15.9 Å². The van der Waals surface area contributed by atoms with Crippen molar-refractivity contribution in [3.63, 3.8) is 0 Å². The van der Waals surface area contributed by atoms with Crippen molar-refractivity contribution in [1.29, 1.82) is 0 Å². The molecule has 0 heterocycles. The standard InChI is InChI=1S/C11H11ClO3/c1-15-10-6-8(7-13)5-9(11(10)14)3-2-4-12/h2-3,5-7,14H,4H2,1H3. The molecule has 0 amide bonds. The number of methoxy groups -OCH3 is 1. The van der Waals surface area contributed by atoms with Crippen LogP contribution in [0.3, 0.4) is 0 Å². The zero-order valence-corrected chi connectivity index (χ0v) is 8.99. The Morgan fingerprint density at radius 2 is 2.27 bits per heavy atom. The summed E-state index contributed by atoms with van der Waals surface area (Å²) in [6, 6.07) is 3.04. The van der Waals surface area contributed by atoms with Gasteiger partial charge in [0.25, 0.3) is 0 Å². The molecule has 1 rings (SSSR count). The highest BCUT2D eigenvalue weighted by Crippen LogP contribution is 2.31. The van der Waals surface area contributed by atoms with E-state index in [-0.39, 0.29) is 11.5 Å². The first kappa shape index (κ1) is 11.6. The second-order valence-electron chi connectivity index (χ2n) is 2.84. The lowest BCUT2D eigenvalue weighted by Gasteiger charge is -2.06. The minimum atomic E-state index is 0.00414. The molecule has 0 aliphatic carbocycles. The number of aldehydes is 1. The van der Waals surface area contributed by atoms with Crippen LogP contribution in [0.15, 0.2) is 18.2 Å². The van der Waals surface area contributed by atoms with Crippen LogP contribution in [0.2, 0.25) is 0 Å². The first-order valence-corrected chi connectivity index (χ1v) is 4.85. The summed E-state index contributed by atoms with van der Waals surface area (Å²) < 4.78 is 4.93. The Morgan fingerprint density at radius 3 is 2.80 bits per heavy atom. The predicted molar refractivity (Wildman–Crippen MR) is 59.8 cm³/mol. The molecular weight excluding hydrogens is 216 g/mol. The number of phenolic OH excluding ortho intramolecular Hbond substituents is 1. The number of hydrogen-bond acceptors (Lipinski definition) is 3. The van der Waals surface area contributed by atoms with E-state index in [1.807, 2.05) is 0 Å². The Morgan fingerprint density at radius 1 is 1.53 bits per heavy atom. The van der Waals surface area contributed by atoms with Crippen LogP contribution in [0.25, 0.3) is 6.08 Å². The van der Waals surface area contributed by atoms with E-state index in [1.165, 1.54) is 13.2 Å². The van der Waals surface area contributed by atoms with Gasteiger partial charge in [-0.25, -0.2) is 0 Å². The molecule has 80 valence electrons. The van der Waals surface area contributed by atoms with Crippen molar-refractivity contribution in [3.05, 3.63) is 29.3 Å². The molecule has 0 bridgehead atoms. The quantitative estimate of drug-likeness (QED) is 0.634. The van der Waals surface area contributed by atoms with Gasteiger partial charge in [-0.3, -0.25) is 4.79 Å². The third-order valence-corrected chi connectivity index (χ3v) is 2.05. The number of halogens is 1. The summed E-state index contributed by atoms with van der Waals surface area (Å²) in [5.74, 6) is 0.617. The molecule has 0 aromatic heterocycles. The Labute approximate surface area is 92.9 Å². The van der Waals surface area contributed by atoms with Gasteiger partial charge in [-0.15, -0.1) is 11.6 Å². The number of benzene rings is 1. The highest BCUT2D eigenvalue weighted by Gasteiger charge is 2.07. The largest absolute Gasteiger partial charge is 0.504 e. The fraction of sp³-hybridized carbons (Fsp3) is 0.182. The summed E-state index contributed by atoms with van der Waals surface area (Å²) in [5.41, 5.74) is 0.955. The Balaban J connectivity index is 3.23. The minimum Gasteiger partial charge on any atom is -0.504 e. The molecule has 0 aliphatic rings. The summed E-state index contributed by atoms with van der Waals surface area (Å²) in [7, 11) is 1.43. The van der Waals surface area contributed by atoms with E-state index >= 15 is 0 Å². The van der Waals surface area contributed by atoms with Gasteiger partial charge >= 0.3 is 0 Å². The lowest BCUT2D eigenvalue weighted by Crippen LogP contribution is -1.89.